The zero-order chi connectivity index (χ0) is 20.6. The van der Waals surface area contributed by atoms with Crippen LogP contribution >= 0.6 is 0 Å². The van der Waals surface area contributed by atoms with Gasteiger partial charge in [-0.25, -0.2) is 4.79 Å². The van der Waals surface area contributed by atoms with Crippen molar-refractivity contribution in [2.75, 3.05) is 11.5 Å². The summed E-state index contributed by atoms with van der Waals surface area (Å²) in [6.07, 6.45) is 4.46. The monoisotopic (exact) mass is 383 g/mol. The molecule has 3 atom stereocenters. The molecule has 28 heavy (non-hydrogen) atoms. The van der Waals surface area contributed by atoms with E-state index in [-0.39, 0.29) is 47.5 Å². The molecule has 0 radical (unpaired) electrons. The van der Waals surface area contributed by atoms with Crippen LogP contribution in [0.15, 0.2) is 36.4 Å². The summed E-state index contributed by atoms with van der Waals surface area (Å²) in [5.74, 6) is -2.04. The standard InChI is InChI=1S/C22H25NO5/c1-13-7-5-10-16-18(13)20(26)23(19(16)25)15-9-6-8-14(11-15)21(27)28-12-17(24)22(2,3)4/h5-9,11,13,16,18H,10,12H2,1-4H3/t13-,16-,18+/m1/s1. The minimum Gasteiger partial charge on any atom is -0.454 e. The minimum absolute atomic E-state index is 0.00300. The molecule has 0 N–H and O–H groups in total. The highest BCUT2D eigenvalue weighted by Crippen LogP contribution is 2.40. The van der Waals surface area contributed by atoms with Gasteiger partial charge >= 0.3 is 5.97 Å². The number of Topliss-reactive ketones (excluding diaryl/α,β-unsaturated/α-hetero) is 1. The topological polar surface area (TPSA) is 80.8 Å². The number of allylic oxidation sites excluding steroid dienone is 2. The Kier molecular flexibility index (Phi) is 5.24. The summed E-state index contributed by atoms with van der Waals surface area (Å²) in [4.78, 5) is 51.2. The molecule has 6 nitrogen and oxygen atoms in total. The average Bonchev–Trinajstić information content (AvgIpc) is 2.90. The fourth-order valence-corrected chi connectivity index (χ4v) is 3.60. The van der Waals surface area contributed by atoms with Gasteiger partial charge < -0.3 is 4.74 Å². The second-order valence-corrected chi connectivity index (χ2v) is 8.47. The number of carbonyl (C=O) groups is 4. The first-order valence-corrected chi connectivity index (χ1v) is 9.46. The van der Waals surface area contributed by atoms with Gasteiger partial charge in [0.15, 0.2) is 12.4 Å². The normalized spacial score (nSPS) is 24.3. The number of hydrogen-bond donors (Lipinski definition) is 0. The number of esters is 1. The summed E-state index contributed by atoms with van der Waals surface area (Å²) < 4.78 is 5.11. The Balaban J connectivity index is 1.78. The predicted molar refractivity (Wildman–Crippen MR) is 104 cm³/mol. The van der Waals surface area contributed by atoms with Crippen LogP contribution < -0.4 is 4.90 Å². The van der Waals surface area contributed by atoms with Gasteiger partial charge in [0.25, 0.3) is 0 Å². The Labute approximate surface area is 164 Å². The van der Waals surface area contributed by atoms with Gasteiger partial charge in [0, 0.05) is 5.41 Å². The van der Waals surface area contributed by atoms with E-state index < -0.39 is 11.4 Å². The van der Waals surface area contributed by atoms with E-state index >= 15 is 0 Å². The Morgan fingerprint density at radius 1 is 1.18 bits per heavy atom. The largest absolute Gasteiger partial charge is 0.454 e. The van der Waals surface area contributed by atoms with Crippen molar-refractivity contribution in [1.82, 2.24) is 0 Å². The fraction of sp³-hybridized carbons (Fsp3) is 0.455. The van der Waals surface area contributed by atoms with Crippen LogP contribution in [0.1, 0.15) is 44.5 Å². The molecule has 1 aliphatic carbocycles. The molecule has 3 rings (SSSR count). The Bertz CT molecular complexity index is 864. The number of fused-ring (bicyclic) bond motifs is 1. The van der Waals surface area contributed by atoms with E-state index in [0.29, 0.717) is 12.1 Å². The summed E-state index contributed by atoms with van der Waals surface area (Å²) in [6, 6.07) is 6.23. The van der Waals surface area contributed by atoms with Crippen LogP contribution in [0.2, 0.25) is 0 Å². The number of nitrogens with zero attached hydrogens (tertiary/aromatic N) is 1. The lowest BCUT2D eigenvalue weighted by Crippen LogP contribution is -2.31. The van der Waals surface area contributed by atoms with Crippen LogP contribution in [-0.4, -0.2) is 30.2 Å². The molecule has 1 aromatic carbocycles. The van der Waals surface area contributed by atoms with E-state index in [1.807, 2.05) is 19.1 Å². The number of benzene rings is 1. The highest BCUT2D eigenvalue weighted by atomic mass is 16.5. The van der Waals surface area contributed by atoms with Gasteiger partial charge in [-0.05, 0) is 30.5 Å². The molecule has 6 heteroatoms. The first-order valence-electron chi connectivity index (χ1n) is 9.46. The van der Waals surface area contributed by atoms with Crippen LogP contribution in [0.3, 0.4) is 0 Å². The van der Waals surface area contributed by atoms with Crippen molar-refractivity contribution in [3.8, 4) is 0 Å². The number of hydrogen-bond acceptors (Lipinski definition) is 5. The Morgan fingerprint density at radius 3 is 2.54 bits per heavy atom. The van der Waals surface area contributed by atoms with Gasteiger partial charge in [-0.3, -0.25) is 19.3 Å². The number of imide groups is 1. The maximum Gasteiger partial charge on any atom is 0.338 e. The van der Waals surface area contributed by atoms with Crippen molar-refractivity contribution < 1.29 is 23.9 Å². The van der Waals surface area contributed by atoms with Gasteiger partial charge in [-0.1, -0.05) is 45.9 Å². The zero-order valence-corrected chi connectivity index (χ0v) is 16.6. The summed E-state index contributed by atoms with van der Waals surface area (Å²) in [7, 11) is 0. The second kappa shape index (κ2) is 7.34. The van der Waals surface area contributed by atoms with Gasteiger partial charge in [0.05, 0.1) is 23.1 Å². The third kappa shape index (κ3) is 3.63. The maximum atomic E-state index is 12.9. The molecule has 148 valence electrons. The summed E-state index contributed by atoms with van der Waals surface area (Å²) >= 11 is 0. The Hall–Kier alpha value is -2.76. The maximum absolute atomic E-state index is 12.9. The highest BCUT2D eigenvalue weighted by molar-refractivity contribution is 6.22. The third-order valence-electron chi connectivity index (χ3n) is 5.38. The molecule has 0 bridgehead atoms. The van der Waals surface area contributed by atoms with Crippen LogP contribution in [0.25, 0.3) is 0 Å². The number of amides is 2. The van der Waals surface area contributed by atoms with E-state index in [9.17, 15) is 19.2 Å². The molecule has 2 aliphatic rings. The second-order valence-electron chi connectivity index (χ2n) is 8.47. The first-order chi connectivity index (χ1) is 13.1. The highest BCUT2D eigenvalue weighted by Gasteiger charge is 2.50. The van der Waals surface area contributed by atoms with Crippen LogP contribution in [0, 0.1) is 23.2 Å². The molecule has 1 aromatic rings. The van der Waals surface area contributed by atoms with Crippen LogP contribution in [0.4, 0.5) is 5.69 Å². The van der Waals surface area contributed by atoms with Crippen molar-refractivity contribution in [2.45, 2.75) is 34.1 Å². The molecule has 1 fully saturated rings. The van der Waals surface area contributed by atoms with E-state index in [1.165, 1.54) is 17.0 Å². The van der Waals surface area contributed by atoms with Crippen molar-refractivity contribution >= 4 is 29.3 Å². The van der Waals surface area contributed by atoms with E-state index in [0.717, 1.165) is 0 Å². The molecule has 0 aromatic heterocycles. The molecular formula is C22H25NO5. The van der Waals surface area contributed by atoms with Gasteiger partial charge in [0.2, 0.25) is 11.8 Å². The number of anilines is 1. The lowest BCUT2D eigenvalue weighted by molar-refractivity contribution is -0.129. The number of ketones is 1. The first kappa shape index (κ1) is 20.0. The van der Waals surface area contributed by atoms with Gasteiger partial charge in [-0.2, -0.15) is 0 Å². The third-order valence-corrected chi connectivity index (χ3v) is 5.38. The summed E-state index contributed by atoms with van der Waals surface area (Å²) in [5.41, 5.74) is -0.0496. The summed E-state index contributed by atoms with van der Waals surface area (Å²) in [6.45, 7) is 6.88. The Morgan fingerprint density at radius 2 is 1.89 bits per heavy atom. The molecule has 1 saturated heterocycles. The van der Waals surface area contributed by atoms with Crippen LogP contribution in [-0.2, 0) is 19.1 Å². The lowest BCUT2D eigenvalue weighted by Gasteiger charge is -2.22. The molecule has 1 aliphatic heterocycles. The average molecular weight is 383 g/mol. The molecule has 1 heterocycles. The number of rotatable bonds is 4. The van der Waals surface area contributed by atoms with Gasteiger partial charge in [0.1, 0.15) is 0 Å². The van der Waals surface area contributed by atoms with E-state index in [1.54, 1.807) is 32.9 Å². The van der Waals surface area contributed by atoms with Crippen LogP contribution in [0.5, 0.6) is 0 Å². The van der Waals surface area contributed by atoms with Crippen molar-refractivity contribution in [3.05, 3.63) is 42.0 Å². The SMILES string of the molecule is C[C@@H]1C=CC[C@H]2C(=O)N(c3cccc(C(=O)OCC(=O)C(C)(C)C)c3)C(=O)[C@@H]12. The molecule has 0 unspecified atom stereocenters. The van der Waals surface area contributed by atoms with Crippen molar-refractivity contribution in [1.29, 1.82) is 0 Å². The minimum atomic E-state index is -0.661. The molecule has 0 saturated carbocycles. The smallest absolute Gasteiger partial charge is 0.338 e. The predicted octanol–water partition coefficient (Wildman–Crippen LogP) is 3.16. The molecule has 0 spiro atoms. The fourth-order valence-electron chi connectivity index (χ4n) is 3.60. The summed E-state index contributed by atoms with van der Waals surface area (Å²) in [5, 5.41) is 0. The number of carbonyl (C=O) groups excluding carboxylic acids is 4. The quantitative estimate of drug-likeness (QED) is 0.453. The molecular weight excluding hydrogens is 358 g/mol. The number of ether oxygens (including phenoxy) is 1. The zero-order valence-electron chi connectivity index (χ0n) is 16.6. The van der Waals surface area contributed by atoms with E-state index in [4.69, 9.17) is 4.74 Å². The van der Waals surface area contributed by atoms with E-state index in [2.05, 4.69) is 0 Å². The lowest BCUT2D eigenvalue weighted by atomic mass is 9.78. The van der Waals surface area contributed by atoms with Crippen molar-refractivity contribution in [2.24, 2.45) is 23.2 Å². The van der Waals surface area contributed by atoms with Gasteiger partial charge in [-0.15, -0.1) is 0 Å². The molecule has 2 amide bonds. The van der Waals surface area contributed by atoms with Crippen molar-refractivity contribution in [3.63, 3.8) is 0 Å².